The van der Waals surface area contributed by atoms with Gasteiger partial charge in [-0.1, -0.05) is 0 Å². The Hall–Kier alpha value is -0.840. The van der Waals surface area contributed by atoms with Crippen molar-refractivity contribution in [3.63, 3.8) is 0 Å². The number of nitrogens with zero attached hydrogens (tertiary/aromatic N) is 1. The summed E-state index contributed by atoms with van der Waals surface area (Å²) in [5, 5.41) is 0. The van der Waals surface area contributed by atoms with Gasteiger partial charge in [0.15, 0.2) is 5.76 Å². The third-order valence-electron chi connectivity index (χ3n) is 2.98. The van der Waals surface area contributed by atoms with Crippen LogP contribution < -0.4 is 0 Å². The van der Waals surface area contributed by atoms with Gasteiger partial charge in [-0.25, -0.2) is 0 Å². The van der Waals surface area contributed by atoms with Crippen molar-refractivity contribution in [1.29, 1.82) is 0 Å². The molecule has 1 aliphatic heterocycles. The van der Waals surface area contributed by atoms with Crippen LogP contribution in [0.2, 0.25) is 0 Å². The Balaban J connectivity index is 2.01. The summed E-state index contributed by atoms with van der Waals surface area (Å²) in [6.07, 6.45) is 0.930. The molecule has 0 N–H and O–H groups in total. The standard InChI is InChI=1S/C13H22NO3/c1-13(15-9-10-16-13)12-6-5-11(17-12)7-8-14(2,3)4/h5-6H,7-10H2,1-4H3/q+1. The summed E-state index contributed by atoms with van der Waals surface area (Å²) in [6.45, 7) is 4.21. The quantitative estimate of drug-likeness (QED) is 0.751. The average molecular weight is 240 g/mol. The fourth-order valence-corrected chi connectivity index (χ4v) is 1.86. The third kappa shape index (κ3) is 3.09. The number of hydrogen-bond acceptors (Lipinski definition) is 3. The highest BCUT2D eigenvalue weighted by molar-refractivity contribution is 5.12. The smallest absolute Gasteiger partial charge is 0.225 e. The van der Waals surface area contributed by atoms with Crippen molar-refractivity contribution in [2.45, 2.75) is 19.1 Å². The van der Waals surface area contributed by atoms with Gasteiger partial charge >= 0.3 is 0 Å². The van der Waals surface area contributed by atoms with Crippen molar-refractivity contribution in [3.05, 3.63) is 23.7 Å². The number of quaternary nitrogens is 1. The zero-order valence-corrected chi connectivity index (χ0v) is 11.2. The highest BCUT2D eigenvalue weighted by atomic mass is 16.7. The van der Waals surface area contributed by atoms with E-state index < -0.39 is 5.79 Å². The van der Waals surface area contributed by atoms with E-state index in [1.807, 2.05) is 19.1 Å². The molecule has 0 amide bonds. The van der Waals surface area contributed by atoms with Crippen LogP contribution >= 0.6 is 0 Å². The van der Waals surface area contributed by atoms with Crippen LogP contribution in [-0.4, -0.2) is 45.4 Å². The summed E-state index contributed by atoms with van der Waals surface area (Å²) in [6, 6.07) is 3.97. The van der Waals surface area contributed by atoms with Gasteiger partial charge in [-0.15, -0.1) is 0 Å². The highest BCUT2D eigenvalue weighted by Crippen LogP contribution is 2.32. The minimum absolute atomic E-state index is 0.630. The summed E-state index contributed by atoms with van der Waals surface area (Å²) < 4.78 is 17.9. The zero-order valence-electron chi connectivity index (χ0n) is 11.2. The van der Waals surface area contributed by atoms with Gasteiger partial charge in [-0.2, -0.15) is 0 Å². The molecule has 96 valence electrons. The number of hydrogen-bond donors (Lipinski definition) is 0. The number of furan rings is 1. The van der Waals surface area contributed by atoms with Crippen molar-refractivity contribution >= 4 is 0 Å². The molecule has 2 rings (SSSR count). The Bertz CT molecular complexity index is 372. The van der Waals surface area contributed by atoms with Crippen LogP contribution in [0.25, 0.3) is 0 Å². The molecule has 0 aromatic carbocycles. The van der Waals surface area contributed by atoms with E-state index in [1.165, 1.54) is 0 Å². The van der Waals surface area contributed by atoms with E-state index in [0.29, 0.717) is 13.2 Å². The molecule has 0 saturated carbocycles. The van der Waals surface area contributed by atoms with E-state index in [2.05, 4.69) is 21.1 Å². The van der Waals surface area contributed by atoms with Crippen LogP contribution in [0.3, 0.4) is 0 Å². The van der Waals surface area contributed by atoms with Gasteiger partial charge < -0.3 is 18.4 Å². The van der Waals surface area contributed by atoms with Gasteiger partial charge in [0.1, 0.15) is 5.76 Å². The first-order valence-corrected chi connectivity index (χ1v) is 6.07. The minimum Gasteiger partial charge on any atom is -0.460 e. The molecule has 1 aliphatic rings. The first-order valence-electron chi connectivity index (χ1n) is 6.07. The van der Waals surface area contributed by atoms with Crippen molar-refractivity contribution in [1.82, 2.24) is 0 Å². The van der Waals surface area contributed by atoms with Crippen molar-refractivity contribution in [3.8, 4) is 0 Å². The van der Waals surface area contributed by atoms with Gasteiger partial charge in [0, 0.05) is 0 Å². The third-order valence-corrected chi connectivity index (χ3v) is 2.98. The van der Waals surface area contributed by atoms with Crippen LogP contribution in [0.4, 0.5) is 0 Å². The average Bonchev–Trinajstić information content (AvgIpc) is 2.83. The predicted molar refractivity (Wildman–Crippen MR) is 64.6 cm³/mol. The number of rotatable bonds is 4. The molecule has 0 spiro atoms. The molecule has 4 nitrogen and oxygen atoms in total. The molecule has 17 heavy (non-hydrogen) atoms. The molecule has 2 heterocycles. The second-order valence-corrected chi connectivity index (χ2v) is 5.67. The maximum Gasteiger partial charge on any atom is 0.225 e. The molecule has 0 unspecified atom stereocenters. The molecule has 0 atom stereocenters. The first kappa shape index (κ1) is 12.6. The molecule has 1 aromatic rings. The molecule has 0 bridgehead atoms. The molecular formula is C13H22NO3+. The number of ether oxygens (including phenoxy) is 2. The van der Waals surface area contributed by atoms with E-state index in [0.717, 1.165) is 29.0 Å². The topological polar surface area (TPSA) is 31.6 Å². The van der Waals surface area contributed by atoms with Gasteiger partial charge in [-0.05, 0) is 19.1 Å². The Morgan fingerprint density at radius 3 is 2.41 bits per heavy atom. The molecule has 1 saturated heterocycles. The summed E-state index contributed by atoms with van der Waals surface area (Å²) in [7, 11) is 6.52. The van der Waals surface area contributed by atoms with Crippen LogP contribution in [0.15, 0.2) is 16.5 Å². The van der Waals surface area contributed by atoms with Crippen LogP contribution in [0.1, 0.15) is 18.4 Å². The summed E-state index contributed by atoms with van der Waals surface area (Å²) in [4.78, 5) is 0. The lowest BCUT2D eigenvalue weighted by molar-refractivity contribution is -0.870. The van der Waals surface area contributed by atoms with Crippen LogP contribution in [0, 0.1) is 0 Å². The van der Waals surface area contributed by atoms with Crippen molar-refractivity contribution in [2.24, 2.45) is 0 Å². The summed E-state index contributed by atoms with van der Waals surface area (Å²) >= 11 is 0. The Kier molecular flexibility index (Phi) is 3.30. The van der Waals surface area contributed by atoms with Crippen molar-refractivity contribution < 1.29 is 18.4 Å². The maximum absolute atomic E-state index is 5.81. The SMILES string of the molecule is CC1(c2ccc(CC[N+](C)(C)C)o2)OCCO1. The van der Waals surface area contributed by atoms with Crippen LogP contribution in [0.5, 0.6) is 0 Å². The Labute approximate surface area is 103 Å². The molecule has 1 fully saturated rings. The van der Waals surface area contributed by atoms with Crippen molar-refractivity contribution in [2.75, 3.05) is 40.9 Å². The van der Waals surface area contributed by atoms with E-state index in [9.17, 15) is 0 Å². The minimum atomic E-state index is -0.686. The second-order valence-electron chi connectivity index (χ2n) is 5.67. The predicted octanol–water partition coefficient (Wildman–Crippen LogP) is 1.75. The lowest BCUT2D eigenvalue weighted by Crippen LogP contribution is -2.36. The normalized spacial score (nSPS) is 19.8. The van der Waals surface area contributed by atoms with Gasteiger partial charge in [0.2, 0.25) is 5.79 Å². The molecule has 0 aliphatic carbocycles. The summed E-state index contributed by atoms with van der Waals surface area (Å²) in [5.41, 5.74) is 0. The van der Waals surface area contributed by atoms with E-state index in [1.54, 1.807) is 0 Å². The Morgan fingerprint density at radius 2 is 1.82 bits per heavy atom. The Morgan fingerprint density at radius 1 is 1.18 bits per heavy atom. The van der Waals surface area contributed by atoms with E-state index in [4.69, 9.17) is 13.9 Å². The zero-order chi connectivity index (χ0) is 12.5. The molecule has 4 heteroatoms. The van der Waals surface area contributed by atoms with E-state index in [-0.39, 0.29) is 0 Å². The largest absolute Gasteiger partial charge is 0.460 e. The second kappa shape index (κ2) is 4.44. The maximum atomic E-state index is 5.81. The van der Waals surface area contributed by atoms with Gasteiger partial charge in [-0.3, -0.25) is 0 Å². The highest BCUT2D eigenvalue weighted by Gasteiger charge is 2.36. The lowest BCUT2D eigenvalue weighted by Gasteiger charge is -2.23. The number of likely N-dealkylation sites (N-methyl/N-ethyl adjacent to an activating group) is 1. The van der Waals surface area contributed by atoms with Gasteiger partial charge in [0.05, 0.1) is 47.3 Å². The van der Waals surface area contributed by atoms with Gasteiger partial charge in [0.25, 0.3) is 0 Å². The molecular weight excluding hydrogens is 218 g/mol. The lowest BCUT2D eigenvalue weighted by atomic mass is 10.2. The summed E-state index contributed by atoms with van der Waals surface area (Å²) in [5.74, 6) is 1.08. The first-order chi connectivity index (χ1) is 7.89. The fraction of sp³-hybridized carbons (Fsp3) is 0.692. The monoisotopic (exact) mass is 240 g/mol. The fourth-order valence-electron chi connectivity index (χ4n) is 1.86. The molecule has 0 radical (unpaired) electrons. The molecule has 1 aromatic heterocycles. The van der Waals surface area contributed by atoms with Crippen LogP contribution in [-0.2, 0) is 21.7 Å². The van der Waals surface area contributed by atoms with E-state index >= 15 is 0 Å².